The number of nitriles is 1. The predicted molar refractivity (Wildman–Crippen MR) is 94.9 cm³/mol. The first kappa shape index (κ1) is 16.7. The van der Waals surface area contributed by atoms with E-state index in [1.807, 2.05) is 60.7 Å². The van der Waals surface area contributed by atoms with Crippen LogP contribution >= 0.6 is 0 Å². The lowest BCUT2D eigenvalue weighted by Crippen LogP contribution is -2.31. The van der Waals surface area contributed by atoms with Crippen molar-refractivity contribution in [3.63, 3.8) is 0 Å². The third kappa shape index (κ3) is 4.24. The Bertz CT molecular complexity index is 797. The van der Waals surface area contributed by atoms with Gasteiger partial charge in [-0.2, -0.15) is 10.4 Å². The van der Waals surface area contributed by atoms with Crippen molar-refractivity contribution in [1.29, 1.82) is 5.26 Å². The first-order valence-electron chi connectivity index (χ1n) is 8.29. The maximum absolute atomic E-state index is 9.99. The highest BCUT2D eigenvalue weighted by Crippen LogP contribution is 2.31. The average Bonchev–Trinajstić information content (AvgIpc) is 3.19. The fourth-order valence-electron chi connectivity index (χ4n) is 2.90. The number of para-hydroxylation sites is 1. The summed E-state index contributed by atoms with van der Waals surface area (Å²) in [6.07, 6.45) is 4.59. The number of aromatic nitrogens is 3. The highest BCUT2D eigenvalue weighted by atomic mass is 16.5. The highest BCUT2D eigenvalue weighted by Gasteiger charge is 2.33. The van der Waals surface area contributed by atoms with E-state index in [9.17, 15) is 5.26 Å². The predicted octanol–water partition coefficient (Wildman–Crippen LogP) is 3.60. The van der Waals surface area contributed by atoms with E-state index in [4.69, 9.17) is 4.74 Å². The average molecular weight is 332 g/mol. The van der Waals surface area contributed by atoms with Crippen molar-refractivity contribution in [3.05, 3.63) is 78.9 Å². The summed E-state index contributed by atoms with van der Waals surface area (Å²) in [5.41, 5.74) is 0.336. The number of hydrogen-bond donors (Lipinski definition) is 0. The van der Waals surface area contributed by atoms with Gasteiger partial charge in [0.05, 0.1) is 19.2 Å². The summed E-state index contributed by atoms with van der Waals surface area (Å²) < 4.78 is 7.49. The van der Waals surface area contributed by atoms with E-state index in [-0.39, 0.29) is 0 Å². The van der Waals surface area contributed by atoms with E-state index >= 15 is 0 Å². The van der Waals surface area contributed by atoms with Crippen LogP contribution < -0.4 is 4.74 Å². The van der Waals surface area contributed by atoms with Crippen LogP contribution in [0.15, 0.2) is 73.3 Å². The number of ether oxygens (including phenoxy) is 1. The van der Waals surface area contributed by atoms with Crippen molar-refractivity contribution in [2.45, 2.75) is 24.8 Å². The van der Waals surface area contributed by atoms with Gasteiger partial charge in [-0.05, 0) is 30.5 Å². The second-order valence-corrected chi connectivity index (χ2v) is 5.92. The topological polar surface area (TPSA) is 63.7 Å². The Hall–Kier alpha value is -3.13. The quantitative estimate of drug-likeness (QED) is 0.591. The fraction of sp³-hybridized carbons (Fsp3) is 0.250. The van der Waals surface area contributed by atoms with Crippen LogP contribution in [-0.2, 0) is 12.0 Å². The lowest BCUT2D eigenvalue weighted by Gasteiger charge is -2.27. The van der Waals surface area contributed by atoms with Gasteiger partial charge in [0.25, 0.3) is 0 Å². The van der Waals surface area contributed by atoms with Crippen molar-refractivity contribution >= 4 is 0 Å². The largest absolute Gasteiger partial charge is 0.494 e. The molecule has 0 fully saturated rings. The maximum Gasteiger partial charge on any atom is 0.137 e. The molecule has 0 saturated carbocycles. The first-order valence-corrected chi connectivity index (χ1v) is 8.29. The molecule has 1 unspecified atom stereocenters. The molecule has 0 amide bonds. The Morgan fingerprint density at radius 3 is 2.40 bits per heavy atom. The molecule has 0 aliphatic rings. The minimum atomic E-state index is -0.658. The van der Waals surface area contributed by atoms with Gasteiger partial charge >= 0.3 is 0 Å². The van der Waals surface area contributed by atoms with E-state index < -0.39 is 5.41 Å². The van der Waals surface area contributed by atoms with Gasteiger partial charge in [0.1, 0.15) is 23.8 Å². The molecular formula is C20H20N4O. The Morgan fingerprint density at radius 2 is 1.76 bits per heavy atom. The van der Waals surface area contributed by atoms with Crippen LogP contribution in [0.25, 0.3) is 0 Å². The van der Waals surface area contributed by atoms with Crippen molar-refractivity contribution < 1.29 is 4.74 Å². The molecule has 5 nitrogen and oxygen atoms in total. The molecule has 0 radical (unpaired) electrons. The summed E-state index contributed by atoms with van der Waals surface area (Å²) in [6.45, 7) is 1.04. The maximum atomic E-state index is 9.99. The molecule has 1 aromatic heterocycles. The molecule has 0 spiro atoms. The van der Waals surface area contributed by atoms with Crippen LogP contribution in [0.2, 0.25) is 0 Å². The molecule has 2 aromatic carbocycles. The third-order valence-electron chi connectivity index (χ3n) is 4.20. The molecule has 3 aromatic rings. The van der Waals surface area contributed by atoms with Crippen LogP contribution in [0.1, 0.15) is 18.4 Å². The molecule has 5 heteroatoms. The van der Waals surface area contributed by atoms with Crippen LogP contribution in [-0.4, -0.2) is 21.4 Å². The second-order valence-electron chi connectivity index (χ2n) is 5.92. The van der Waals surface area contributed by atoms with Gasteiger partial charge in [-0.1, -0.05) is 48.5 Å². The summed E-state index contributed by atoms with van der Waals surface area (Å²) >= 11 is 0. The second kappa shape index (κ2) is 8.11. The minimum Gasteiger partial charge on any atom is -0.494 e. The van der Waals surface area contributed by atoms with Gasteiger partial charge in [-0.15, -0.1) is 0 Å². The van der Waals surface area contributed by atoms with E-state index in [1.165, 1.54) is 6.33 Å². The van der Waals surface area contributed by atoms with Crippen molar-refractivity contribution in [2.24, 2.45) is 0 Å². The van der Waals surface area contributed by atoms with Gasteiger partial charge in [0.15, 0.2) is 0 Å². The van der Waals surface area contributed by atoms with Crippen LogP contribution in [0.3, 0.4) is 0 Å². The van der Waals surface area contributed by atoms with Gasteiger partial charge in [0.2, 0.25) is 0 Å². The Morgan fingerprint density at radius 1 is 1.04 bits per heavy atom. The molecule has 0 N–H and O–H groups in total. The molecule has 1 heterocycles. The molecule has 0 aliphatic carbocycles. The van der Waals surface area contributed by atoms with Crippen LogP contribution in [0, 0.1) is 11.3 Å². The number of hydrogen-bond acceptors (Lipinski definition) is 4. The summed E-state index contributed by atoms with van der Waals surface area (Å²) in [5, 5.41) is 14.2. The van der Waals surface area contributed by atoms with Gasteiger partial charge in [0, 0.05) is 0 Å². The SMILES string of the molecule is N#CC(CCCOc1ccccc1)(Cn1cncn1)c1ccccc1. The van der Waals surface area contributed by atoms with Crippen LogP contribution in [0.4, 0.5) is 0 Å². The molecular weight excluding hydrogens is 312 g/mol. The van der Waals surface area contributed by atoms with Crippen molar-refractivity contribution in [2.75, 3.05) is 6.61 Å². The van der Waals surface area contributed by atoms with E-state index in [0.717, 1.165) is 17.7 Å². The molecule has 0 aliphatic heterocycles. The standard InChI is InChI=1S/C20H20N4O/c21-14-20(15-24-17-22-16-23-24,18-8-3-1-4-9-18)12-7-13-25-19-10-5-2-6-11-19/h1-6,8-11,16-17H,7,12-13,15H2. The van der Waals surface area contributed by atoms with Crippen molar-refractivity contribution in [3.8, 4) is 11.8 Å². The van der Waals surface area contributed by atoms with Gasteiger partial charge in [-0.3, -0.25) is 4.68 Å². The lowest BCUT2D eigenvalue weighted by molar-refractivity contribution is 0.283. The Balaban J connectivity index is 1.71. The normalized spacial score (nSPS) is 12.9. The zero-order chi connectivity index (χ0) is 17.4. The third-order valence-corrected chi connectivity index (χ3v) is 4.20. The van der Waals surface area contributed by atoms with E-state index in [2.05, 4.69) is 16.2 Å². The summed E-state index contributed by atoms with van der Waals surface area (Å²) in [5.74, 6) is 0.848. The number of rotatable bonds is 8. The summed E-state index contributed by atoms with van der Waals surface area (Å²) in [4.78, 5) is 3.99. The highest BCUT2D eigenvalue weighted by molar-refractivity contribution is 5.32. The van der Waals surface area contributed by atoms with Crippen molar-refractivity contribution in [1.82, 2.24) is 14.8 Å². The molecule has 1 atom stereocenters. The Kier molecular flexibility index (Phi) is 5.43. The monoisotopic (exact) mass is 332 g/mol. The lowest BCUT2D eigenvalue weighted by atomic mass is 9.78. The molecule has 126 valence electrons. The fourth-order valence-corrected chi connectivity index (χ4v) is 2.90. The minimum absolute atomic E-state index is 0.471. The zero-order valence-corrected chi connectivity index (χ0v) is 14.0. The summed E-state index contributed by atoms with van der Waals surface area (Å²) in [6, 6.07) is 22.1. The number of benzene rings is 2. The van der Waals surface area contributed by atoms with Crippen LogP contribution in [0.5, 0.6) is 5.75 Å². The summed E-state index contributed by atoms with van der Waals surface area (Å²) in [7, 11) is 0. The van der Waals surface area contributed by atoms with Gasteiger partial charge < -0.3 is 4.74 Å². The first-order chi connectivity index (χ1) is 12.3. The van der Waals surface area contributed by atoms with Gasteiger partial charge in [-0.25, -0.2) is 4.98 Å². The molecule has 0 bridgehead atoms. The zero-order valence-electron chi connectivity index (χ0n) is 14.0. The smallest absolute Gasteiger partial charge is 0.137 e. The molecule has 25 heavy (non-hydrogen) atoms. The molecule has 0 saturated heterocycles. The Labute approximate surface area is 147 Å². The number of nitrogens with zero attached hydrogens (tertiary/aromatic N) is 4. The molecule has 3 rings (SSSR count). The van der Waals surface area contributed by atoms with E-state index in [0.29, 0.717) is 19.6 Å². The van der Waals surface area contributed by atoms with E-state index in [1.54, 1.807) is 11.0 Å².